The first-order valence-electron chi connectivity index (χ1n) is 14.6. The van der Waals surface area contributed by atoms with Gasteiger partial charge in [0.05, 0.1) is 46.5 Å². The number of fused-ring (bicyclic) bond motifs is 1. The van der Waals surface area contributed by atoms with Crippen molar-refractivity contribution in [1.29, 1.82) is 0 Å². The number of esters is 1. The summed E-state index contributed by atoms with van der Waals surface area (Å²) in [6.07, 6.45) is 7.77. The van der Waals surface area contributed by atoms with Crippen molar-refractivity contribution in [3.63, 3.8) is 0 Å². The van der Waals surface area contributed by atoms with Gasteiger partial charge in [0.2, 0.25) is 5.91 Å². The van der Waals surface area contributed by atoms with Crippen molar-refractivity contribution in [2.45, 2.75) is 80.9 Å². The van der Waals surface area contributed by atoms with Crippen LogP contribution in [0.15, 0.2) is 49.6 Å². The van der Waals surface area contributed by atoms with Crippen molar-refractivity contribution in [2.75, 3.05) is 24.7 Å². The lowest BCUT2D eigenvalue weighted by molar-refractivity contribution is -0.156. The molecule has 2 amide bonds. The summed E-state index contributed by atoms with van der Waals surface area (Å²) in [6, 6.07) is 5.70. The molecular formula is C32H43ClN2O5S. The number of hydrogen-bond acceptors (Lipinski definition) is 6. The lowest BCUT2D eigenvalue weighted by Crippen LogP contribution is -2.58. The average Bonchev–Trinajstić information content (AvgIpc) is 3.51. The number of thioether (sulfide) groups is 1. The standard InChI is InChI=1S/C32H43ClN2O5S/c1-6-8-9-12-18-40-30(39)26-25-28(37)35(22(20-36)19-21(3)4)27(32(25)16-15-31(26,5)41-32)29(38)34(17-7-2)24-14-11-10-13-23(24)33/h6-7,10-11,13-14,21-22,25-27,36H,1-2,8-9,12,15-20H2,3-5H3/t22-,25+,26+,27?,31-,32?/m1/s1. The summed E-state index contributed by atoms with van der Waals surface area (Å²) in [7, 11) is 0. The molecule has 3 aliphatic rings. The third-order valence-electron chi connectivity index (χ3n) is 8.82. The number of benzene rings is 1. The van der Waals surface area contributed by atoms with Crippen LogP contribution in [0.5, 0.6) is 0 Å². The number of amides is 2. The first kappa shape index (κ1) is 31.6. The van der Waals surface area contributed by atoms with Crippen LogP contribution in [0.25, 0.3) is 0 Å². The Labute approximate surface area is 253 Å². The molecular weight excluding hydrogens is 560 g/mol. The second kappa shape index (κ2) is 12.9. The molecule has 4 rings (SSSR count). The maximum atomic E-state index is 14.7. The fraction of sp³-hybridized carbons (Fsp3) is 0.594. The van der Waals surface area contributed by atoms with Gasteiger partial charge in [-0.25, -0.2) is 0 Å². The maximum Gasteiger partial charge on any atom is 0.311 e. The van der Waals surface area contributed by atoms with Crippen LogP contribution in [-0.2, 0) is 19.1 Å². The molecule has 7 nitrogen and oxygen atoms in total. The molecule has 0 radical (unpaired) electrons. The largest absolute Gasteiger partial charge is 0.465 e. The lowest BCUT2D eigenvalue weighted by Gasteiger charge is -2.40. The number of likely N-dealkylation sites (tertiary alicyclic amines) is 1. The van der Waals surface area contributed by atoms with E-state index >= 15 is 0 Å². The third-order valence-corrected chi connectivity index (χ3v) is 11.1. The van der Waals surface area contributed by atoms with Crippen molar-refractivity contribution < 1.29 is 24.2 Å². The molecule has 2 unspecified atom stereocenters. The Balaban J connectivity index is 1.77. The van der Waals surface area contributed by atoms with E-state index < -0.39 is 33.4 Å². The van der Waals surface area contributed by atoms with Crippen molar-refractivity contribution in [3.05, 3.63) is 54.6 Å². The van der Waals surface area contributed by atoms with E-state index in [0.717, 1.165) is 19.3 Å². The fourth-order valence-electron chi connectivity index (χ4n) is 7.12. The van der Waals surface area contributed by atoms with Gasteiger partial charge < -0.3 is 19.6 Å². The number of anilines is 1. The minimum absolute atomic E-state index is 0.180. The van der Waals surface area contributed by atoms with Crippen molar-refractivity contribution in [1.82, 2.24) is 4.90 Å². The summed E-state index contributed by atoms with van der Waals surface area (Å²) in [4.78, 5) is 46.1. The molecule has 3 aliphatic heterocycles. The molecule has 6 atom stereocenters. The van der Waals surface area contributed by atoms with E-state index in [2.05, 4.69) is 13.2 Å². The number of allylic oxidation sites excluding steroid dienone is 1. The van der Waals surface area contributed by atoms with Gasteiger partial charge in [0.1, 0.15) is 6.04 Å². The van der Waals surface area contributed by atoms with Gasteiger partial charge in [0.15, 0.2) is 0 Å². The van der Waals surface area contributed by atoms with Gasteiger partial charge >= 0.3 is 5.97 Å². The van der Waals surface area contributed by atoms with Gasteiger partial charge in [-0.05, 0) is 63.5 Å². The zero-order valence-corrected chi connectivity index (χ0v) is 26.0. The van der Waals surface area contributed by atoms with E-state index in [0.29, 0.717) is 30.0 Å². The predicted molar refractivity (Wildman–Crippen MR) is 165 cm³/mol. The highest BCUT2D eigenvalue weighted by Crippen LogP contribution is 2.72. The van der Waals surface area contributed by atoms with Crippen molar-refractivity contribution in [3.8, 4) is 0 Å². The van der Waals surface area contributed by atoms with Crippen molar-refractivity contribution in [2.24, 2.45) is 17.8 Å². The van der Waals surface area contributed by atoms with E-state index in [4.69, 9.17) is 16.3 Å². The number of hydrogen-bond donors (Lipinski definition) is 1. The molecule has 0 aliphatic carbocycles. The maximum absolute atomic E-state index is 14.7. The second-order valence-corrected chi connectivity index (χ2v) is 14.4. The summed E-state index contributed by atoms with van der Waals surface area (Å²) in [5.74, 6) is -2.08. The molecule has 1 aromatic carbocycles. The fourth-order valence-corrected chi connectivity index (χ4v) is 9.69. The Bertz CT molecular complexity index is 1180. The Morgan fingerprint density at radius 2 is 1.98 bits per heavy atom. The Morgan fingerprint density at radius 1 is 1.24 bits per heavy atom. The van der Waals surface area contributed by atoms with E-state index in [9.17, 15) is 19.5 Å². The molecule has 1 aromatic rings. The zero-order chi connectivity index (χ0) is 29.9. The number of rotatable bonds is 14. The molecule has 224 valence electrons. The molecule has 0 aromatic heterocycles. The van der Waals surface area contributed by atoms with Gasteiger partial charge in [-0.3, -0.25) is 14.4 Å². The van der Waals surface area contributed by atoms with Crippen LogP contribution in [0.4, 0.5) is 5.69 Å². The lowest BCUT2D eigenvalue weighted by atomic mass is 9.66. The number of aliphatic hydroxyl groups is 1. The van der Waals surface area contributed by atoms with E-state index in [1.54, 1.807) is 45.8 Å². The SMILES string of the molecule is C=CCCCCOC(=O)[C@@H]1[C@H]2C(=O)N([C@@H](CO)CC(C)C)C(C(=O)N(CC=C)c3ccccc3Cl)C23CC[C@@]1(C)S3. The van der Waals surface area contributed by atoms with Gasteiger partial charge in [-0.1, -0.05) is 49.7 Å². The van der Waals surface area contributed by atoms with Gasteiger partial charge in [-0.15, -0.1) is 24.9 Å². The number of aliphatic hydroxyl groups excluding tert-OH is 1. The highest BCUT2D eigenvalue weighted by Gasteiger charge is 2.78. The summed E-state index contributed by atoms with van der Waals surface area (Å²) >= 11 is 8.16. The van der Waals surface area contributed by atoms with Crippen LogP contribution < -0.4 is 4.90 Å². The highest BCUT2D eigenvalue weighted by molar-refractivity contribution is 8.02. The van der Waals surface area contributed by atoms with Crippen LogP contribution in [0.1, 0.15) is 59.3 Å². The number of ether oxygens (including phenoxy) is 1. The van der Waals surface area contributed by atoms with Crippen LogP contribution in [0.2, 0.25) is 5.02 Å². The monoisotopic (exact) mass is 602 g/mol. The number of nitrogens with zero attached hydrogens (tertiary/aromatic N) is 2. The molecule has 1 spiro atoms. The van der Waals surface area contributed by atoms with E-state index in [1.807, 2.05) is 32.9 Å². The normalized spacial score (nSPS) is 29.0. The van der Waals surface area contributed by atoms with Crippen LogP contribution in [-0.4, -0.2) is 69.1 Å². The topological polar surface area (TPSA) is 87.1 Å². The minimum atomic E-state index is -0.871. The summed E-state index contributed by atoms with van der Waals surface area (Å²) in [5, 5.41) is 11.0. The van der Waals surface area contributed by atoms with Crippen LogP contribution in [0.3, 0.4) is 0 Å². The average molecular weight is 603 g/mol. The number of unbranched alkanes of at least 4 members (excludes halogenated alkanes) is 2. The second-order valence-electron chi connectivity index (χ2n) is 12.1. The van der Waals surface area contributed by atoms with E-state index in [-0.39, 0.29) is 43.5 Å². The molecule has 3 fully saturated rings. The molecule has 3 saturated heterocycles. The van der Waals surface area contributed by atoms with Crippen molar-refractivity contribution >= 4 is 46.8 Å². The molecule has 3 heterocycles. The van der Waals surface area contributed by atoms with Gasteiger partial charge in [-0.2, -0.15) is 0 Å². The van der Waals surface area contributed by atoms with E-state index in [1.165, 1.54) is 0 Å². The smallest absolute Gasteiger partial charge is 0.311 e. The third kappa shape index (κ3) is 5.72. The zero-order valence-electron chi connectivity index (χ0n) is 24.4. The molecule has 2 bridgehead atoms. The highest BCUT2D eigenvalue weighted by atomic mass is 35.5. The Hall–Kier alpha value is -2.29. The molecule has 9 heteroatoms. The number of carbonyl (C=O) groups is 3. The van der Waals surface area contributed by atoms with Crippen LogP contribution in [0, 0.1) is 17.8 Å². The number of para-hydroxylation sites is 1. The predicted octanol–water partition coefficient (Wildman–Crippen LogP) is 5.65. The first-order chi connectivity index (χ1) is 19.6. The molecule has 1 N–H and O–H groups in total. The molecule has 0 saturated carbocycles. The Morgan fingerprint density at radius 3 is 2.61 bits per heavy atom. The summed E-state index contributed by atoms with van der Waals surface area (Å²) in [5.41, 5.74) is 0.537. The summed E-state index contributed by atoms with van der Waals surface area (Å²) < 4.78 is 4.42. The van der Waals surface area contributed by atoms with Gasteiger partial charge in [0, 0.05) is 11.3 Å². The number of halogens is 1. The quantitative estimate of drug-likeness (QED) is 0.168. The Kier molecular flexibility index (Phi) is 9.97. The first-order valence-corrected chi connectivity index (χ1v) is 15.8. The van der Waals surface area contributed by atoms with Gasteiger partial charge in [0.25, 0.3) is 5.91 Å². The van der Waals surface area contributed by atoms with Crippen LogP contribution >= 0.6 is 23.4 Å². The summed E-state index contributed by atoms with van der Waals surface area (Å²) in [6.45, 7) is 13.9. The number of carbonyl (C=O) groups excluding carboxylic acids is 3. The minimum Gasteiger partial charge on any atom is -0.465 e. The molecule has 41 heavy (non-hydrogen) atoms.